The average molecular weight is 258 g/mol. The molecular weight excluding hydrogens is 254 g/mol. The minimum absolute atomic E-state index is 0.378. The summed E-state index contributed by atoms with van der Waals surface area (Å²) in [6.45, 7) is 0. The Balaban J connectivity index is 3.13. The largest absolute Gasteiger partial charge is 0.573 e. The number of hydrogen-bond acceptors (Lipinski definition) is 3. The lowest BCUT2D eigenvalue weighted by Crippen LogP contribution is -2.30. The molecule has 0 radical (unpaired) electrons. The van der Waals surface area contributed by atoms with Crippen LogP contribution in [-0.4, -0.2) is 23.5 Å². The summed E-state index contributed by atoms with van der Waals surface area (Å²) in [6, 6.07) is 1.24. The minimum atomic E-state index is -5.08. The highest BCUT2D eigenvalue weighted by Gasteiger charge is 2.34. The Bertz CT molecular complexity index is 373. The lowest BCUT2D eigenvalue weighted by molar-refractivity contribution is -0.275. The van der Waals surface area contributed by atoms with Gasteiger partial charge in [0.25, 0.3) is 0 Å². The zero-order chi connectivity index (χ0) is 12.5. The topological polar surface area (TPSA) is 49.7 Å². The smallest absolute Gasteiger partial charge is 0.423 e. The molecular formula is C7H4BClF4O3. The first-order valence-electron chi connectivity index (χ1n) is 3.81. The van der Waals surface area contributed by atoms with Crippen LogP contribution in [-0.2, 0) is 0 Å². The van der Waals surface area contributed by atoms with E-state index in [0.29, 0.717) is 6.07 Å². The molecule has 0 saturated carbocycles. The molecule has 0 saturated heterocycles. The Hall–Kier alpha value is -0.985. The summed E-state index contributed by atoms with van der Waals surface area (Å²) >= 11 is 5.30. The van der Waals surface area contributed by atoms with E-state index in [1.165, 1.54) is 0 Å². The van der Waals surface area contributed by atoms with Crippen molar-refractivity contribution in [2.24, 2.45) is 0 Å². The molecule has 0 aromatic heterocycles. The molecule has 0 amide bonds. The van der Waals surface area contributed by atoms with Crippen LogP contribution in [0.2, 0.25) is 5.02 Å². The zero-order valence-corrected chi connectivity index (χ0v) is 8.18. The van der Waals surface area contributed by atoms with Gasteiger partial charge in [-0.15, -0.1) is 13.2 Å². The summed E-state index contributed by atoms with van der Waals surface area (Å²) in [5.41, 5.74) is -0.378. The van der Waals surface area contributed by atoms with Crippen molar-refractivity contribution in [2.75, 3.05) is 0 Å². The van der Waals surface area contributed by atoms with Crippen LogP contribution in [0.15, 0.2) is 12.1 Å². The predicted octanol–water partition coefficient (Wildman–Crippen LogP) is 1.06. The molecule has 0 atom stereocenters. The fraction of sp³-hybridized carbons (Fsp3) is 0.143. The lowest BCUT2D eigenvalue weighted by Gasteiger charge is -2.12. The fourth-order valence-electron chi connectivity index (χ4n) is 0.942. The maximum absolute atomic E-state index is 13.1. The van der Waals surface area contributed by atoms with Gasteiger partial charge >= 0.3 is 13.5 Å². The highest BCUT2D eigenvalue weighted by Crippen LogP contribution is 2.31. The van der Waals surface area contributed by atoms with Gasteiger partial charge in [0.05, 0.1) is 5.02 Å². The van der Waals surface area contributed by atoms with Gasteiger partial charge in [-0.3, -0.25) is 0 Å². The summed E-state index contributed by atoms with van der Waals surface area (Å²) in [6.07, 6.45) is -5.08. The third-order valence-electron chi connectivity index (χ3n) is 1.54. The van der Waals surface area contributed by atoms with Crippen molar-refractivity contribution in [1.29, 1.82) is 0 Å². The van der Waals surface area contributed by atoms with Crippen LogP contribution in [0.25, 0.3) is 0 Å². The Labute approximate surface area is 92.4 Å². The molecule has 9 heteroatoms. The van der Waals surface area contributed by atoms with Crippen LogP contribution in [0.1, 0.15) is 0 Å². The summed E-state index contributed by atoms with van der Waals surface area (Å²) in [4.78, 5) is 0. The Morgan fingerprint density at radius 3 is 2.19 bits per heavy atom. The molecule has 0 aliphatic rings. The van der Waals surface area contributed by atoms with Crippen LogP contribution in [0.4, 0.5) is 17.6 Å². The Kier molecular flexibility index (Phi) is 3.66. The van der Waals surface area contributed by atoms with Gasteiger partial charge in [-0.1, -0.05) is 11.6 Å². The SMILES string of the molecule is OB(O)c1cc(F)c(OC(F)(F)F)c(Cl)c1. The molecule has 88 valence electrons. The molecule has 0 aliphatic carbocycles. The van der Waals surface area contributed by atoms with E-state index >= 15 is 0 Å². The van der Waals surface area contributed by atoms with Crippen molar-refractivity contribution in [3.8, 4) is 5.75 Å². The zero-order valence-electron chi connectivity index (χ0n) is 7.42. The van der Waals surface area contributed by atoms with Gasteiger partial charge in [0.15, 0.2) is 11.6 Å². The summed E-state index contributed by atoms with van der Waals surface area (Å²) in [5.74, 6) is -2.65. The molecule has 0 fully saturated rings. The van der Waals surface area contributed by atoms with Gasteiger partial charge in [-0.2, -0.15) is 0 Å². The van der Waals surface area contributed by atoms with Gasteiger partial charge in [-0.05, 0) is 17.6 Å². The number of hydrogen-bond donors (Lipinski definition) is 2. The predicted molar refractivity (Wildman–Crippen MR) is 47.9 cm³/mol. The van der Waals surface area contributed by atoms with E-state index in [2.05, 4.69) is 4.74 Å². The fourth-order valence-corrected chi connectivity index (χ4v) is 1.20. The van der Waals surface area contributed by atoms with Crippen molar-refractivity contribution in [3.63, 3.8) is 0 Å². The standard InChI is InChI=1S/C7H4BClF4O3/c9-4-1-3(8(14)15)2-5(10)6(4)16-7(11,12)13/h1-2,14-15H. The first-order valence-corrected chi connectivity index (χ1v) is 4.19. The molecule has 2 N–H and O–H groups in total. The normalized spacial score (nSPS) is 11.4. The van der Waals surface area contributed by atoms with Gasteiger partial charge in [0, 0.05) is 0 Å². The van der Waals surface area contributed by atoms with Crippen LogP contribution in [0.3, 0.4) is 0 Å². The van der Waals surface area contributed by atoms with E-state index in [4.69, 9.17) is 21.6 Å². The second-order valence-corrected chi connectivity index (χ2v) is 3.14. The highest BCUT2D eigenvalue weighted by molar-refractivity contribution is 6.59. The van der Waals surface area contributed by atoms with Crippen molar-refractivity contribution >= 4 is 24.2 Å². The molecule has 0 spiro atoms. The van der Waals surface area contributed by atoms with Crippen molar-refractivity contribution in [3.05, 3.63) is 23.0 Å². The van der Waals surface area contributed by atoms with Crippen LogP contribution < -0.4 is 10.2 Å². The summed E-state index contributed by atoms with van der Waals surface area (Å²) in [5, 5.41) is 16.6. The van der Waals surface area contributed by atoms with Gasteiger partial charge in [0.1, 0.15) is 0 Å². The van der Waals surface area contributed by atoms with E-state index in [9.17, 15) is 17.6 Å². The van der Waals surface area contributed by atoms with E-state index in [-0.39, 0.29) is 5.46 Å². The molecule has 0 unspecified atom stereocenters. The van der Waals surface area contributed by atoms with Gasteiger partial charge in [0.2, 0.25) is 0 Å². The van der Waals surface area contributed by atoms with Crippen molar-refractivity contribution < 1.29 is 32.3 Å². The minimum Gasteiger partial charge on any atom is -0.423 e. The number of halogens is 5. The Morgan fingerprint density at radius 2 is 1.81 bits per heavy atom. The van der Waals surface area contributed by atoms with Gasteiger partial charge < -0.3 is 14.8 Å². The third kappa shape index (κ3) is 3.26. The summed E-state index contributed by atoms with van der Waals surface area (Å²) in [7, 11) is -2.04. The number of ether oxygens (including phenoxy) is 1. The molecule has 0 bridgehead atoms. The average Bonchev–Trinajstić information content (AvgIpc) is 2.09. The molecule has 0 heterocycles. The molecule has 1 aromatic rings. The van der Waals surface area contributed by atoms with Gasteiger partial charge in [-0.25, -0.2) is 4.39 Å². The first-order chi connectivity index (χ1) is 7.20. The third-order valence-corrected chi connectivity index (χ3v) is 1.82. The lowest BCUT2D eigenvalue weighted by atomic mass is 9.80. The van der Waals surface area contributed by atoms with E-state index in [0.717, 1.165) is 6.07 Å². The van der Waals surface area contributed by atoms with Crippen LogP contribution in [0.5, 0.6) is 5.75 Å². The molecule has 16 heavy (non-hydrogen) atoms. The number of rotatable bonds is 2. The Morgan fingerprint density at radius 1 is 1.25 bits per heavy atom. The molecule has 1 aromatic carbocycles. The summed E-state index contributed by atoms with van der Waals surface area (Å²) < 4.78 is 51.8. The van der Waals surface area contributed by atoms with Crippen molar-refractivity contribution in [2.45, 2.75) is 6.36 Å². The quantitative estimate of drug-likeness (QED) is 0.616. The number of alkyl halides is 3. The molecule has 3 nitrogen and oxygen atoms in total. The van der Waals surface area contributed by atoms with E-state index < -0.39 is 30.1 Å². The number of benzene rings is 1. The van der Waals surface area contributed by atoms with Crippen LogP contribution in [0, 0.1) is 5.82 Å². The highest BCUT2D eigenvalue weighted by atomic mass is 35.5. The maximum atomic E-state index is 13.1. The second kappa shape index (κ2) is 4.48. The molecule has 1 rings (SSSR count). The second-order valence-electron chi connectivity index (χ2n) is 2.74. The maximum Gasteiger partial charge on any atom is 0.573 e. The molecule has 0 aliphatic heterocycles. The van der Waals surface area contributed by atoms with Crippen molar-refractivity contribution in [1.82, 2.24) is 0 Å². The monoisotopic (exact) mass is 258 g/mol. The first kappa shape index (κ1) is 13.1. The van der Waals surface area contributed by atoms with E-state index in [1.54, 1.807) is 0 Å². The van der Waals surface area contributed by atoms with Crippen LogP contribution >= 0.6 is 11.6 Å². The van der Waals surface area contributed by atoms with E-state index in [1.807, 2.05) is 0 Å².